The van der Waals surface area contributed by atoms with Crippen molar-refractivity contribution >= 4 is 22.9 Å². The van der Waals surface area contributed by atoms with Gasteiger partial charge in [-0.3, -0.25) is 0 Å². The van der Waals surface area contributed by atoms with Gasteiger partial charge in [-0.25, -0.2) is 0 Å². The first-order valence-corrected chi connectivity index (χ1v) is 7.02. The van der Waals surface area contributed by atoms with Gasteiger partial charge in [0.1, 0.15) is 0 Å². The van der Waals surface area contributed by atoms with E-state index in [9.17, 15) is 0 Å². The molecule has 0 saturated heterocycles. The second kappa shape index (κ2) is 5.50. The van der Waals surface area contributed by atoms with Gasteiger partial charge in [0.25, 0.3) is 0 Å². The van der Waals surface area contributed by atoms with Crippen molar-refractivity contribution in [2.24, 2.45) is 5.92 Å². The quantitative estimate of drug-likeness (QED) is 0.822. The molecule has 2 unspecified atom stereocenters. The summed E-state index contributed by atoms with van der Waals surface area (Å²) in [7, 11) is 0. The average molecular weight is 260 g/mol. The van der Waals surface area contributed by atoms with E-state index in [0.29, 0.717) is 12.1 Å². The van der Waals surface area contributed by atoms with Crippen LogP contribution in [0.1, 0.15) is 37.1 Å². The van der Waals surface area contributed by atoms with Crippen LogP contribution in [0.4, 0.5) is 0 Å². The maximum absolute atomic E-state index is 9.04. The smallest absolute Gasteiger partial charge is 0.0931 e. The van der Waals surface area contributed by atoms with Crippen LogP contribution < -0.4 is 5.32 Å². The molecule has 4 heteroatoms. The summed E-state index contributed by atoms with van der Waals surface area (Å²) in [5.41, 5.74) is 0. The Labute approximate surface area is 106 Å². The minimum absolute atomic E-state index is 0.270. The Kier molecular flexibility index (Phi) is 4.25. The summed E-state index contributed by atoms with van der Waals surface area (Å²) in [5.74, 6) is 0.769. The van der Waals surface area contributed by atoms with Crippen molar-refractivity contribution < 1.29 is 5.11 Å². The highest BCUT2D eigenvalue weighted by molar-refractivity contribution is 7.16. The predicted molar refractivity (Wildman–Crippen MR) is 69.1 cm³/mol. The van der Waals surface area contributed by atoms with E-state index < -0.39 is 0 Å². The number of hydrogen-bond donors (Lipinski definition) is 2. The van der Waals surface area contributed by atoms with Crippen molar-refractivity contribution in [2.45, 2.75) is 38.3 Å². The number of nitrogens with one attached hydrogen (secondary N) is 1. The molecule has 16 heavy (non-hydrogen) atoms. The third-order valence-corrected chi connectivity index (χ3v) is 4.53. The van der Waals surface area contributed by atoms with Gasteiger partial charge in [0.2, 0.25) is 0 Å². The molecule has 2 nitrogen and oxygen atoms in total. The lowest BCUT2D eigenvalue weighted by molar-refractivity contribution is 0.250. The van der Waals surface area contributed by atoms with Gasteiger partial charge < -0.3 is 10.4 Å². The summed E-state index contributed by atoms with van der Waals surface area (Å²) in [6.45, 7) is 2.43. The van der Waals surface area contributed by atoms with E-state index in [-0.39, 0.29) is 6.61 Å². The number of rotatable bonds is 6. The van der Waals surface area contributed by atoms with Gasteiger partial charge in [0, 0.05) is 23.6 Å². The highest BCUT2D eigenvalue weighted by atomic mass is 35.5. The lowest BCUT2D eigenvalue weighted by atomic mass is 10.1. The highest BCUT2D eigenvalue weighted by Gasteiger charge is 2.31. The Morgan fingerprint density at radius 1 is 1.56 bits per heavy atom. The summed E-state index contributed by atoms with van der Waals surface area (Å²) in [4.78, 5) is 1.27. The molecule has 1 aromatic rings. The third kappa shape index (κ3) is 3.20. The molecule has 2 rings (SSSR count). The standard InChI is InChI=1S/C12H18ClNOS/c1-8(11-4-5-12(13)16-11)14-10(6-7-15)9-2-3-9/h4-5,8-10,14-15H,2-3,6-7H2,1H3. The zero-order chi connectivity index (χ0) is 11.5. The predicted octanol–water partition coefficient (Wildman–Crippen LogP) is 3.21. The topological polar surface area (TPSA) is 32.3 Å². The average Bonchev–Trinajstić information content (AvgIpc) is 3.00. The molecule has 2 atom stereocenters. The number of aliphatic hydroxyl groups is 1. The van der Waals surface area contributed by atoms with E-state index in [0.717, 1.165) is 16.7 Å². The summed E-state index contributed by atoms with van der Waals surface area (Å²) < 4.78 is 0.841. The van der Waals surface area contributed by atoms with Gasteiger partial charge in [-0.2, -0.15) is 0 Å². The van der Waals surface area contributed by atoms with Crippen LogP contribution in [0.5, 0.6) is 0 Å². The highest BCUT2D eigenvalue weighted by Crippen LogP contribution is 2.36. The molecule has 2 N–H and O–H groups in total. The largest absolute Gasteiger partial charge is 0.396 e. The van der Waals surface area contributed by atoms with E-state index in [1.165, 1.54) is 17.7 Å². The molecule has 0 aromatic carbocycles. The lowest BCUT2D eigenvalue weighted by Crippen LogP contribution is -2.33. The molecule has 0 bridgehead atoms. The summed E-state index contributed by atoms with van der Waals surface area (Å²) in [6.07, 6.45) is 3.46. The number of aliphatic hydroxyl groups excluding tert-OH is 1. The van der Waals surface area contributed by atoms with Gasteiger partial charge >= 0.3 is 0 Å². The molecular weight excluding hydrogens is 242 g/mol. The third-order valence-electron chi connectivity index (χ3n) is 3.12. The zero-order valence-corrected chi connectivity index (χ0v) is 11.0. The van der Waals surface area contributed by atoms with Crippen molar-refractivity contribution in [1.82, 2.24) is 5.32 Å². The van der Waals surface area contributed by atoms with Crippen LogP contribution in [-0.2, 0) is 0 Å². The van der Waals surface area contributed by atoms with Crippen LogP contribution in [0, 0.1) is 5.92 Å². The maximum atomic E-state index is 9.04. The molecule has 1 heterocycles. The Hall–Kier alpha value is -0.0900. The van der Waals surface area contributed by atoms with E-state index in [4.69, 9.17) is 16.7 Å². The first-order valence-electron chi connectivity index (χ1n) is 5.83. The van der Waals surface area contributed by atoms with E-state index in [1.807, 2.05) is 6.07 Å². The van der Waals surface area contributed by atoms with Crippen LogP contribution in [0.15, 0.2) is 12.1 Å². The first kappa shape index (κ1) is 12.4. The van der Waals surface area contributed by atoms with E-state index in [2.05, 4.69) is 18.3 Å². The fourth-order valence-electron chi connectivity index (χ4n) is 2.06. The molecule has 1 aliphatic rings. The van der Waals surface area contributed by atoms with Crippen LogP contribution in [-0.4, -0.2) is 17.8 Å². The first-order chi connectivity index (χ1) is 7.70. The van der Waals surface area contributed by atoms with Crippen molar-refractivity contribution in [3.63, 3.8) is 0 Å². The maximum Gasteiger partial charge on any atom is 0.0931 e. The molecule has 90 valence electrons. The van der Waals surface area contributed by atoms with Crippen molar-refractivity contribution in [3.05, 3.63) is 21.3 Å². The number of thiophene rings is 1. The van der Waals surface area contributed by atoms with Crippen LogP contribution in [0.25, 0.3) is 0 Å². The summed E-state index contributed by atoms with van der Waals surface area (Å²) in [5, 5.41) is 12.6. The zero-order valence-electron chi connectivity index (χ0n) is 9.45. The van der Waals surface area contributed by atoms with Crippen LogP contribution >= 0.6 is 22.9 Å². The molecule has 0 aliphatic heterocycles. The second-order valence-corrected chi connectivity index (χ2v) is 6.23. The minimum atomic E-state index is 0.270. The Bertz CT molecular complexity index is 338. The molecule has 1 saturated carbocycles. The number of halogens is 1. The molecule has 1 aromatic heterocycles. The van der Waals surface area contributed by atoms with Gasteiger partial charge in [-0.05, 0) is 44.2 Å². The normalized spacial score (nSPS) is 19.7. The lowest BCUT2D eigenvalue weighted by Gasteiger charge is -2.21. The summed E-state index contributed by atoms with van der Waals surface area (Å²) in [6, 6.07) is 4.81. The van der Waals surface area contributed by atoms with Crippen LogP contribution in [0.3, 0.4) is 0 Å². The molecule has 0 amide bonds. The van der Waals surface area contributed by atoms with Crippen LogP contribution in [0.2, 0.25) is 4.34 Å². The van der Waals surface area contributed by atoms with E-state index >= 15 is 0 Å². The van der Waals surface area contributed by atoms with Gasteiger partial charge in [0.05, 0.1) is 4.34 Å². The minimum Gasteiger partial charge on any atom is -0.396 e. The fourth-order valence-corrected chi connectivity index (χ4v) is 3.13. The molecule has 1 aliphatic carbocycles. The second-order valence-electron chi connectivity index (χ2n) is 4.49. The Morgan fingerprint density at radius 3 is 2.81 bits per heavy atom. The van der Waals surface area contributed by atoms with Crippen molar-refractivity contribution in [1.29, 1.82) is 0 Å². The fraction of sp³-hybridized carbons (Fsp3) is 0.667. The van der Waals surface area contributed by atoms with Crippen molar-refractivity contribution in [2.75, 3.05) is 6.61 Å². The molecular formula is C12H18ClNOS. The van der Waals surface area contributed by atoms with Gasteiger partial charge in [-0.1, -0.05) is 11.6 Å². The Morgan fingerprint density at radius 2 is 2.31 bits per heavy atom. The SMILES string of the molecule is CC(NC(CCO)C1CC1)c1ccc(Cl)s1. The van der Waals surface area contributed by atoms with Gasteiger partial charge in [0.15, 0.2) is 0 Å². The monoisotopic (exact) mass is 259 g/mol. The Balaban J connectivity index is 1.91. The van der Waals surface area contributed by atoms with E-state index in [1.54, 1.807) is 11.3 Å². The summed E-state index contributed by atoms with van der Waals surface area (Å²) >= 11 is 7.56. The van der Waals surface area contributed by atoms with Gasteiger partial charge in [-0.15, -0.1) is 11.3 Å². The van der Waals surface area contributed by atoms with Crippen molar-refractivity contribution in [3.8, 4) is 0 Å². The number of hydrogen-bond acceptors (Lipinski definition) is 3. The molecule has 0 radical (unpaired) electrons. The molecule has 0 spiro atoms. The molecule has 1 fully saturated rings.